The predicted octanol–water partition coefficient (Wildman–Crippen LogP) is 5.55. The number of methoxy groups -OCH3 is 1. The van der Waals surface area contributed by atoms with Crippen LogP contribution >= 0.6 is 11.3 Å². The molecular weight excluding hydrogens is 448 g/mol. The van der Waals surface area contributed by atoms with E-state index in [4.69, 9.17) is 9.72 Å². The van der Waals surface area contributed by atoms with Crippen molar-refractivity contribution < 1.29 is 19.4 Å². The molecule has 4 aromatic rings. The van der Waals surface area contributed by atoms with Crippen LogP contribution in [-0.4, -0.2) is 28.9 Å². The van der Waals surface area contributed by atoms with Gasteiger partial charge in [-0.2, -0.15) is 0 Å². The zero-order valence-corrected chi connectivity index (χ0v) is 19.7. The van der Waals surface area contributed by atoms with Crippen LogP contribution in [0.2, 0.25) is 0 Å². The average molecular weight is 471 g/mol. The molecule has 0 unspecified atom stereocenters. The molecule has 0 spiro atoms. The van der Waals surface area contributed by atoms with Gasteiger partial charge in [0, 0.05) is 5.56 Å². The molecule has 2 heterocycles. The van der Waals surface area contributed by atoms with Crippen molar-refractivity contribution in [2.24, 2.45) is 0 Å². The molecule has 0 aliphatic carbocycles. The number of ether oxygens (including phenoxy) is 1. The summed E-state index contributed by atoms with van der Waals surface area (Å²) in [5.41, 5.74) is 4.06. The van der Waals surface area contributed by atoms with Crippen molar-refractivity contribution >= 4 is 44.1 Å². The van der Waals surface area contributed by atoms with E-state index in [2.05, 4.69) is 0 Å². The summed E-state index contributed by atoms with van der Waals surface area (Å²) in [5.74, 6) is -1.02. The summed E-state index contributed by atoms with van der Waals surface area (Å²) in [6.07, 6.45) is 0. The lowest BCUT2D eigenvalue weighted by Crippen LogP contribution is -2.29. The van der Waals surface area contributed by atoms with Gasteiger partial charge in [-0.25, -0.2) is 4.98 Å². The van der Waals surface area contributed by atoms with Gasteiger partial charge in [0.15, 0.2) is 5.13 Å². The van der Waals surface area contributed by atoms with Crippen LogP contribution in [0.4, 0.5) is 5.13 Å². The Balaban J connectivity index is 1.74. The molecule has 34 heavy (non-hydrogen) atoms. The summed E-state index contributed by atoms with van der Waals surface area (Å²) < 4.78 is 6.21. The first-order valence-corrected chi connectivity index (χ1v) is 11.6. The molecule has 0 radical (unpaired) electrons. The Morgan fingerprint density at radius 2 is 1.74 bits per heavy atom. The summed E-state index contributed by atoms with van der Waals surface area (Å²) in [6.45, 7) is 3.98. The van der Waals surface area contributed by atoms with Gasteiger partial charge in [-0.05, 0) is 48.7 Å². The Kier molecular flexibility index (Phi) is 5.42. The number of ketones is 1. The van der Waals surface area contributed by atoms with E-state index in [0.717, 1.165) is 21.3 Å². The monoisotopic (exact) mass is 470 g/mol. The summed E-state index contributed by atoms with van der Waals surface area (Å²) in [5, 5.41) is 11.6. The van der Waals surface area contributed by atoms with E-state index in [1.807, 2.05) is 32.0 Å². The van der Waals surface area contributed by atoms with E-state index in [1.54, 1.807) is 55.6 Å². The van der Waals surface area contributed by atoms with E-state index in [9.17, 15) is 14.7 Å². The Morgan fingerprint density at radius 1 is 1.03 bits per heavy atom. The molecule has 1 N–H and O–H groups in total. The van der Waals surface area contributed by atoms with Crippen molar-refractivity contribution in [2.75, 3.05) is 12.0 Å². The van der Waals surface area contributed by atoms with Crippen molar-refractivity contribution in [3.8, 4) is 5.75 Å². The molecule has 1 saturated heterocycles. The number of rotatable bonds is 4. The maximum absolute atomic E-state index is 13.4. The second kappa shape index (κ2) is 8.43. The maximum atomic E-state index is 13.4. The molecule has 1 amide bonds. The van der Waals surface area contributed by atoms with Crippen LogP contribution in [0.5, 0.6) is 5.75 Å². The molecule has 0 saturated carbocycles. The summed E-state index contributed by atoms with van der Waals surface area (Å²) in [7, 11) is 1.57. The second-order valence-electron chi connectivity index (χ2n) is 8.23. The summed E-state index contributed by atoms with van der Waals surface area (Å²) >= 11 is 1.36. The number of aliphatic hydroxyl groups is 1. The smallest absolute Gasteiger partial charge is 0.301 e. The molecule has 7 heteroatoms. The number of fused-ring (bicyclic) bond motifs is 1. The highest BCUT2D eigenvalue weighted by Crippen LogP contribution is 2.44. The Labute approximate surface area is 200 Å². The van der Waals surface area contributed by atoms with Gasteiger partial charge in [0.2, 0.25) is 0 Å². The number of benzene rings is 3. The van der Waals surface area contributed by atoms with E-state index in [-0.39, 0.29) is 11.3 Å². The molecule has 1 aliphatic rings. The minimum absolute atomic E-state index is 0.0357. The van der Waals surface area contributed by atoms with Crippen molar-refractivity contribution in [3.05, 3.63) is 94.6 Å². The lowest BCUT2D eigenvalue weighted by Gasteiger charge is -2.23. The number of aryl methyl sites for hydroxylation is 2. The number of amides is 1. The molecule has 1 aromatic heterocycles. The zero-order valence-electron chi connectivity index (χ0n) is 18.9. The number of thiazole rings is 1. The van der Waals surface area contributed by atoms with Gasteiger partial charge in [0.1, 0.15) is 11.5 Å². The van der Waals surface area contributed by atoms with E-state index in [0.29, 0.717) is 22.0 Å². The fourth-order valence-corrected chi connectivity index (χ4v) is 5.51. The third-order valence-corrected chi connectivity index (χ3v) is 6.95. The second-order valence-corrected chi connectivity index (χ2v) is 9.24. The van der Waals surface area contributed by atoms with Crippen molar-refractivity contribution in [1.29, 1.82) is 0 Å². The molecule has 0 bridgehead atoms. The Morgan fingerprint density at radius 3 is 2.41 bits per heavy atom. The molecular formula is C27H22N2O4S. The minimum atomic E-state index is -0.826. The van der Waals surface area contributed by atoms with E-state index < -0.39 is 17.7 Å². The topological polar surface area (TPSA) is 79.7 Å². The SMILES string of the molecule is COc1ccc([C@H]2/C(=C(\O)c3ccccc3)C(=O)C(=O)N2c2nc3c(C)cc(C)cc3s2)cc1. The van der Waals surface area contributed by atoms with Gasteiger partial charge in [-0.3, -0.25) is 14.5 Å². The number of aromatic nitrogens is 1. The average Bonchev–Trinajstić information content (AvgIpc) is 3.38. The van der Waals surface area contributed by atoms with Crippen molar-refractivity contribution in [3.63, 3.8) is 0 Å². The molecule has 5 rings (SSSR count). The molecule has 3 aromatic carbocycles. The molecule has 1 aliphatic heterocycles. The van der Waals surface area contributed by atoms with Crippen LogP contribution in [0.25, 0.3) is 16.0 Å². The van der Waals surface area contributed by atoms with Gasteiger partial charge in [0.05, 0.1) is 28.9 Å². The third-order valence-electron chi connectivity index (χ3n) is 5.95. The molecule has 6 nitrogen and oxygen atoms in total. The number of hydrogen-bond acceptors (Lipinski definition) is 6. The number of aliphatic hydroxyl groups excluding tert-OH is 1. The summed E-state index contributed by atoms with van der Waals surface area (Å²) in [4.78, 5) is 32.8. The van der Waals surface area contributed by atoms with Gasteiger partial charge in [-0.15, -0.1) is 0 Å². The number of anilines is 1. The predicted molar refractivity (Wildman–Crippen MR) is 133 cm³/mol. The normalized spacial score (nSPS) is 17.5. The number of carbonyl (C=O) groups excluding carboxylic acids is 2. The van der Waals surface area contributed by atoms with Crippen LogP contribution in [0.1, 0.15) is 28.3 Å². The first-order chi connectivity index (χ1) is 16.4. The number of carbonyl (C=O) groups is 2. The van der Waals surface area contributed by atoms with Crippen LogP contribution < -0.4 is 9.64 Å². The maximum Gasteiger partial charge on any atom is 0.301 e. The van der Waals surface area contributed by atoms with Crippen LogP contribution in [-0.2, 0) is 9.59 Å². The van der Waals surface area contributed by atoms with Crippen molar-refractivity contribution in [1.82, 2.24) is 4.98 Å². The highest BCUT2D eigenvalue weighted by molar-refractivity contribution is 7.22. The Hall–Kier alpha value is -3.97. The van der Waals surface area contributed by atoms with Gasteiger partial charge in [0.25, 0.3) is 5.78 Å². The highest BCUT2D eigenvalue weighted by atomic mass is 32.1. The lowest BCUT2D eigenvalue weighted by molar-refractivity contribution is -0.132. The first kappa shape index (κ1) is 21.9. The zero-order chi connectivity index (χ0) is 24.0. The number of hydrogen-bond donors (Lipinski definition) is 1. The largest absolute Gasteiger partial charge is 0.507 e. The van der Waals surface area contributed by atoms with E-state index in [1.165, 1.54) is 16.2 Å². The van der Waals surface area contributed by atoms with Crippen molar-refractivity contribution in [2.45, 2.75) is 19.9 Å². The standard InChI is InChI=1S/C27H22N2O4S/c1-15-13-16(2)22-20(14-15)34-27(28-22)29-23(17-9-11-19(33-3)12-10-17)21(25(31)26(29)32)24(30)18-7-5-4-6-8-18/h4-14,23,30H,1-3H3/b24-21+/t23-/m0/s1. The fourth-order valence-electron chi connectivity index (χ4n) is 4.34. The Bertz CT molecular complexity index is 1460. The minimum Gasteiger partial charge on any atom is -0.507 e. The van der Waals surface area contributed by atoms with Gasteiger partial charge >= 0.3 is 5.91 Å². The lowest BCUT2D eigenvalue weighted by atomic mass is 9.95. The highest BCUT2D eigenvalue weighted by Gasteiger charge is 2.48. The van der Waals surface area contributed by atoms with Gasteiger partial charge < -0.3 is 9.84 Å². The number of nitrogens with zero attached hydrogens (tertiary/aromatic N) is 2. The molecule has 1 atom stereocenters. The number of Topliss-reactive ketones (excluding diaryl/α,β-unsaturated/α-hetero) is 1. The van der Waals surface area contributed by atoms with Crippen LogP contribution in [0.15, 0.2) is 72.3 Å². The molecule has 170 valence electrons. The fraction of sp³-hybridized carbons (Fsp3) is 0.148. The first-order valence-electron chi connectivity index (χ1n) is 10.8. The van der Waals surface area contributed by atoms with Crippen LogP contribution in [0, 0.1) is 13.8 Å². The van der Waals surface area contributed by atoms with Gasteiger partial charge in [-0.1, -0.05) is 59.9 Å². The molecule has 1 fully saturated rings. The van der Waals surface area contributed by atoms with E-state index >= 15 is 0 Å². The third kappa shape index (κ3) is 3.54. The summed E-state index contributed by atoms with van der Waals surface area (Å²) in [6, 6.07) is 19.1. The quantitative estimate of drug-likeness (QED) is 0.240. The van der Waals surface area contributed by atoms with Crippen LogP contribution in [0.3, 0.4) is 0 Å².